The zero-order chi connectivity index (χ0) is 102. The van der Waals surface area contributed by atoms with Gasteiger partial charge in [0.05, 0.1) is 128 Å². The number of morpholine rings is 6. The molecule has 0 bridgehead atoms. The standard InChI is InChI=1S/C76H125N37O23P6/c1-46(2)102-23-49(131-57(29-102)108-20-14-55(79)93-74(108)116)37-127-140(122,99(8)9)106-27-53(135-61(33-106)112-44-89-64-67(82)85-42-87-69(64)112)39-130-142(124,101(12)13)107-28-54(136-62(34-107)113-45-90-65-70(113)95-73(83)96-72(65)115)40-129-139(121,98(6)7)104-26-52(133-59(31-104)110-22-48(5)71(114)97-76(110)118)36-126-138(120,92-19-17-78)103-24-50(132-58(30-103)109-21-15-56(80)94-75(109)117)38-128-141(123,100(10)11)105-25-51(35-125-137(119,47(3)4)91-18-16-77)134-60(32-105)111-43-88-63-66(81)84-41-86-68(63)111/h14-15,20-22,41-47,49-54,57-62H,16-19,23-40,77-78H2,1-13H3,(H,91,119)(H,92,120)(H2,79,93,116)(H2,80,94,117)(H2,81,84,86)(H2,82,85,87)(H,97,114,118)(H3,83,95,96,115). The monoisotopic (exact) mass is 2110 g/mol. The molecule has 0 spiro atoms. The van der Waals surface area contributed by atoms with Gasteiger partial charge in [-0.1, -0.05) is 13.8 Å². The number of aromatic nitrogens is 18. The quantitative estimate of drug-likeness (QED) is 0.0211. The predicted molar refractivity (Wildman–Crippen MR) is 517 cm³/mol. The van der Waals surface area contributed by atoms with Crippen molar-refractivity contribution >= 4 is 109 Å². The number of nitrogens with two attached hydrogens (primary N) is 7. The third-order valence-electron chi connectivity index (χ3n) is 24.5. The van der Waals surface area contributed by atoms with Gasteiger partial charge >= 0.3 is 55.4 Å². The Kier molecular flexibility index (Phi) is 33.7. The third-order valence-corrected chi connectivity index (χ3v) is 39.4. The van der Waals surface area contributed by atoms with E-state index >= 15 is 22.8 Å². The van der Waals surface area contributed by atoms with Crippen LogP contribution in [0, 0.1) is 6.92 Å². The van der Waals surface area contributed by atoms with Gasteiger partial charge in [0.15, 0.2) is 52.8 Å². The lowest BCUT2D eigenvalue weighted by molar-refractivity contribution is -0.142. The molecule has 6 saturated heterocycles. The van der Waals surface area contributed by atoms with Gasteiger partial charge in [0.1, 0.15) is 54.0 Å². The third kappa shape index (κ3) is 23.1. The second-order valence-corrected chi connectivity index (χ2v) is 51.3. The van der Waals surface area contributed by atoms with Crippen LogP contribution in [0.2, 0.25) is 0 Å². The van der Waals surface area contributed by atoms with Crippen LogP contribution in [-0.2, 0) is 83.0 Å². The number of rotatable bonds is 41. The highest BCUT2D eigenvalue weighted by Crippen LogP contribution is 2.61. The van der Waals surface area contributed by atoms with Crippen LogP contribution in [-0.4, -0.2) is 383 Å². The molecule has 6 fully saturated rings. The van der Waals surface area contributed by atoms with Gasteiger partial charge in [-0.3, -0.25) is 79.2 Å². The van der Waals surface area contributed by atoms with Crippen molar-refractivity contribution < 1.29 is 83.0 Å². The highest BCUT2D eigenvalue weighted by Gasteiger charge is 2.52. The molecule has 15 heterocycles. The molecule has 0 aliphatic carbocycles. The van der Waals surface area contributed by atoms with E-state index in [9.17, 15) is 28.5 Å². The van der Waals surface area contributed by atoms with Gasteiger partial charge in [0, 0.05) is 108 Å². The first kappa shape index (κ1) is 107. The largest absolute Gasteiger partial charge is 0.383 e. The maximum Gasteiger partial charge on any atom is 0.351 e. The maximum atomic E-state index is 16.7. The molecular weight excluding hydrogens is 1980 g/mol. The number of imidazole rings is 3. The van der Waals surface area contributed by atoms with E-state index in [1.54, 1.807) is 41.7 Å². The Hall–Kier alpha value is -8.77. The Morgan fingerprint density at radius 2 is 0.775 bits per heavy atom. The summed E-state index contributed by atoms with van der Waals surface area (Å²) in [6.07, 6.45) is -3.07. The summed E-state index contributed by atoms with van der Waals surface area (Å²) in [5, 5.41) is 5.92. The van der Waals surface area contributed by atoms with Gasteiger partial charge in [0.2, 0.25) is 5.95 Å². The second-order valence-electron chi connectivity index (χ2n) is 35.9. The van der Waals surface area contributed by atoms with Crippen LogP contribution in [0.25, 0.3) is 33.5 Å². The average molecular weight is 2110 g/mol. The zero-order valence-corrected chi connectivity index (χ0v) is 86.0. The molecule has 66 heteroatoms. The van der Waals surface area contributed by atoms with Crippen LogP contribution in [0.4, 0.5) is 29.2 Å². The van der Waals surface area contributed by atoms with Crippen molar-refractivity contribution in [1.82, 2.24) is 144 Å². The van der Waals surface area contributed by atoms with E-state index in [1.165, 1.54) is 158 Å². The van der Waals surface area contributed by atoms with Gasteiger partial charge < -0.3 is 95.7 Å². The van der Waals surface area contributed by atoms with E-state index < -0.39 is 200 Å². The summed E-state index contributed by atoms with van der Waals surface area (Å²) in [6.45, 7) is 3.89. The molecule has 142 heavy (non-hydrogen) atoms. The lowest BCUT2D eigenvalue weighted by Gasteiger charge is -2.46. The first-order valence-corrected chi connectivity index (χ1v) is 54.9. The summed E-state index contributed by atoms with van der Waals surface area (Å²) in [4.78, 5) is 118. The lowest BCUT2D eigenvalue weighted by Crippen LogP contribution is -2.52. The normalized spacial score (nSPS) is 25.9. The fraction of sp³-hybridized carbons (Fsp3) is 0.645. The highest BCUT2D eigenvalue weighted by molar-refractivity contribution is 7.57. The Labute approximate surface area is 813 Å². The van der Waals surface area contributed by atoms with E-state index in [-0.39, 0.29) is 160 Å². The minimum Gasteiger partial charge on any atom is -0.383 e. The Bertz CT molecular complexity index is 6610. The van der Waals surface area contributed by atoms with Crippen molar-refractivity contribution in [3.8, 4) is 0 Å². The van der Waals surface area contributed by atoms with E-state index in [1.807, 2.05) is 13.8 Å². The number of nitrogen functional groups attached to an aromatic ring is 5. The zero-order valence-electron chi connectivity index (χ0n) is 80.7. The summed E-state index contributed by atoms with van der Waals surface area (Å²) in [5.74, 6) is -0.246. The SMILES string of the molecule is Cc1cn(C2CN(P(=O)(OCC3CN(P(=O)(OCC4CN(P(=O)(OCC5CN(C(C)C)CC(n6ccc(N)nc6=O)O5)N(C)C)CC(n5cnc6c(N)ncnc65)O4)N(C)C)CC(n4cnc5c(=O)[nH]c(N)nc54)O3)N(C)C)CC(COP(=O)(NCCN)N3CC(COP(=O)(N(C)C)N4CC(COP(=O)(NCCN)C(C)C)OC(n5cnc6c(N)ncnc65)C4)OC(n4ccc(N)nc4=O)C3)O2)c(=O)[nH]c1=O. The maximum absolute atomic E-state index is 16.7. The van der Waals surface area contributed by atoms with Gasteiger partial charge in [0.25, 0.3) is 18.6 Å². The molecule has 18 unspecified atom stereocenters. The molecule has 782 valence electrons. The molecule has 0 amide bonds. The van der Waals surface area contributed by atoms with Gasteiger partial charge in [-0.05, 0) is 89.3 Å². The van der Waals surface area contributed by atoms with E-state index in [0.717, 1.165) is 9.13 Å². The number of hydrogen-bond acceptors (Lipinski definition) is 41. The molecule has 0 aromatic carbocycles. The van der Waals surface area contributed by atoms with Crippen LogP contribution in [0.1, 0.15) is 70.6 Å². The van der Waals surface area contributed by atoms with Crippen molar-refractivity contribution in [3.63, 3.8) is 0 Å². The van der Waals surface area contributed by atoms with Crippen LogP contribution in [0.3, 0.4) is 0 Å². The van der Waals surface area contributed by atoms with Crippen molar-refractivity contribution in [2.45, 2.75) is 120 Å². The predicted octanol–water partition coefficient (Wildman–Crippen LogP) is -0.728. The minimum absolute atomic E-state index is 0.0288. The van der Waals surface area contributed by atoms with Crippen molar-refractivity contribution in [3.05, 3.63) is 120 Å². The summed E-state index contributed by atoms with van der Waals surface area (Å²) in [6, 6.07) is 2.80. The van der Waals surface area contributed by atoms with Crippen molar-refractivity contribution in [1.29, 1.82) is 0 Å². The lowest BCUT2D eigenvalue weighted by atomic mass is 10.2. The van der Waals surface area contributed by atoms with Gasteiger partial charge in [-0.15, -0.1) is 0 Å². The van der Waals surface area contributed by atoms with E-state index in [4.69, 9.17) is 95.7 Å². The molecule has 18 atom stereocenters. The molecule has 60 nitrogen and oxygen atoms in total. The van der Waals surface area contributed by atoms with Gasteiger partial charge in [-0.2, -0.15) is 15.0 Å². The van der Waals surface area contributed by atoms with Crippen LogP contribution >= 0.6 is 45.9 Å². The molecule has 0 saturated carbocycles. The fourth-order valence-corrected chi connectivity index (χ4v) is 28.7. The topological polar surface area (TPSA) is 727 Å². The molecule has 6 aliphatic heterocycles. The number of H-pyrrole nitrogens is 2. The molecular formula is C76H125N37O23P6. The number of nitrogens with zero attached hydrogens (tertiary/aromatic N) is 26. The molecule has 9 aromatic heterocycles. The van der Waals surface area contributed by atoms with E-state index in [0.29, 0.717) is 13.1 Å². The minimum atomic E-state index is -4.64. The number of nitrogens with one attached hydrogen (secondary N) is 4. The first-order chi connectivity index (χ1) is 67.3. The number of fused-ring (bicyclic) bond motifs is 3. The highest BCUT2D eigenvalue weighted by atomic mass is 31.2. The Morgan fingerprint density at radius 3 is 1.18 bits per heavy atom. The molecule has 18 N–H and O–H groups in total. The number of aromatic amines is 2. The molecule has 0 radical (unpaired) electrons. The number of ether oxygens (including phenoxy) is 6. The number of aryl methyl sites for hydroxylation is 1. The van der Waals surface area contributed by atoms with Crippen LogP contribution < -0.4 is 78.5 Å². The summed E-state index contributed by atoms with van der Waals surface area (Å²) < 4.78 is 197. The summed E-state index contributed by atoms with van der Waals surface area (Å²) >= 11 is 0. The molecule has 9 aromatic rings. The van der Waals surface area contributed by atoms with Crippen LogP contribution in [0.15, 0.2) is 86.3 Å². The number of anilines is 5. The van der Waals surface area contributed by atoms with Crippen molar-refractivity contribution in [2.75, 3.05) is 229 Å². The summed E-state index contributed by atoms with van der Waals surface area (Å²) in [7, 11) is -13.7. The second kappa shape index (κ2) is 44.5. The van der Waals surface area contributed by atoms with Crippen LogP contribution in [0.5, 0.6) is 0 Å². The Balaban J connectivity index is 0.707. The first-order valence-electron chi connectivity index (χ1n) is 45.5. The number of hydrogen-bond donors (Lipinski definition) is 11. The molecule has 6 aliphatic rings. The average Bonchev–Trinajstić information content (AvgIpc) is 1.45. The smallest absolute Gasteiger partial charge is 0.351 e. The summed E-state index contributed by atoms with van der Waals surface area (Å²) in [5.41, 5.74) is 39.2. The molecule has 15 rings (SSSR count). The van der Waals surface area contributed by atoms with Gasteiger partial charge in [-0.25, -0.2) is 101 Å². The van der Waals surface area contributed by atoms with E-state index in [2.05, 4.69) is 74.9 Å². The van der Waals surface area contributed by atoms with Crippen molar-refractivity contribution in [2.24, 2.45) is 11.5 Å². The Morgan fingerprint density at radius 1 is 0.415 bits per heavy atom. The fourth-order valence-electron chi connectivity index (χ4n) is 17.1.